The molecule has 0 bridgehead atoms. The SMILES string of the molecule is O=C1Nc2ccc(Cl)cc2/C1=C/c1cc(Br)c2c(c1)OCO2. The van der Waals surface area contributed by atoms with Crippen LogP contribution in [0.2, 0.25) is 5.02 Å². The van der Waals surface area contributed by atoms with Gasteiger partial charge in [-0.2, -0.15) is 0 Å². The van der Waals surface area contributed by atoms with Gasteiger partial charge in [0.05, 0.1) is 4.47 Å². The zero-order valence-electron chi connectivity index (χ0n) is 11.2. The molecule has 0 saturated carbocycles. The van der Waals surface area contributed by atoms with Crippen LogP contribution in [0.4, 0.5) is 5.69 Å². The number of benzene rings is 2. The molecule has 22 heavy (non-hydrogen) atoms. The molecule has 0 aromatic heterocycles. The zero-order chi connectivity index (χ0) is 15.3. The first-order valence-electron chi connectivity index (χ1n) is 6.54. The molecule has 0 spiro atoms. The van der Waals surface area contributed by atoms with E-state index in [0.717, 1.165) is 21.3 Å². The third kappa shape index (κ3) is 2.17. The van der Waals surface area contributed by atoms with Gasteiger partial charge in [-0.25, -0.2) is 0 Å². The molecule has 0 radical (unpaired) electrons. The van der Waals surface area contributed by atoms with E-state index in [1.807, 2.05) is 18.2 Å². The summed E-state index contributed by atoms with van der Waals surface area (Å²) >= 11 is 9.48. The molecule has 1 amide bonds. The van der Waals surface area contributed by atoms with Gasteiger partial charge in [-0.05, 0) is 57.9 Å². The smallest absolute Gasteiger partial charge is 0.256 e. The Labute approximate surface area is 139 Å². The maximum absolute atomic E-state index is 12.2. The molecule has 4 nitrogen and oxygen atoms in total. The van der Waals surface area contributed by atoms with Crippen LogP contribution < -0.4 is 14.8 Å². The number of carbonyl (C=O) groups excluding carboxylic acids is 1. The Balaban J connectivity index is 1.83. The molecule has 4 rings (SSSR count). The van der Waals surface area contributed by atoms with Crippen LogP contribution in [0.1, 0.15) is 11.1 Å². The third-order valence-corrected chi connectivity index (χ3v) is 4.35. The minimum absolute atomic E-state index is 0.147. The lowest BCUT2D eigenvalue weighted by atomic mass is 10.0. The molecule has 0 unspecified atom stereocenters. The van der Waals surface area contributed by atoms with Crippen LogP contribution in [0.25, 0.3) is 11.6 Å². The minimum atomic E-state index is -0.147. The number of amides is 1. The van der Waals surface area contributed by atoms with Gasteiger partial charge in [-0.15, -0.1) is 0 Å². The summed E-state index contributed by atoms with van der Waals surface area (Å²) in [6.45, 7) is 0.201. The molecule has 1 N–H and O–H groups in total. The van der Waals surface area contributed by atoms with Crippen LogP contribution in [0.15, 0.2) is 34.8 Å². The molecule has 2 aliphatic heterocycles. The van der Waals surface area contributed by atoms with Crippen molar-refractivity contribution in [3.8, 4) is 11.5 Å². The van der Waals surface area contributed by atoms with E-state index >= 15 is 0 Å². The predicted molar refractivity (Wildman–Crippen MR) is 88.2 cm³/mol. The summed E-state index contributed by atoms with van der Waals surface area (Å²) in [5.41, 5.74) is 2.98. The lowest BCUT2D eigenvalue weighted by Gasteiger charge is -2.03. The number of hydrogen-bond donors (Lipinski definition) is 1. The number of halogens is 2. The van der Waals surface area contributed by atoms with Gasteiger partial charge in [-0.3, -0.25) is 4.79 Å². The van der Waals surface area contributed by atoms with Gasteiger partial charge in [0.25, 0.3) is 5.91 Å². The molecule has 6 heteroatoms. The number of carbonyl (C=O) groups is 1. The van der Waals surface area contributed by atoms with E-state index < -0.39 is 0 Å². The summed E-state index contributed by atoms with van der Waals surface area (Å²) in [5, 5.41) is 3.42. The summed E-state index contributed by atoms with van der Waals surface area (Å²) in [7, 11) is 0. The number of ether oxygens (including phenoxy) is 2. The number of fused-ring (bicyclic) bond motifs is 2. The van der Waals surface area contributed by atoms with Gasteiger partial charge in [0.15, 0.2) is 11.5 Å². The molecule has 0 atom stereocenters. The highest BCUT2D eigenvalue weighted by Gasteiger charge is 2.25. The zero-order valence-corrected chi connectivity index (χ0v) is 13.5. The number of hydrogen-bond acceptors (Lipinski definition) is 3. The van der Waals surface area contributed by atoms with E-state index in [1.54, 1.807) is 18.2 Å². The average Bonchev–Trinajstić information content (AvgIpc) is 3.05. The molecule has 110 valence electrons. The number of nitrogens with one attached hydrogen (secondary N) is 1. The van der Waals surface area contributed by atoms with Crippen molar-refractivity contribution in [3.63, 3.8) is 0 Å². The van der Waals surface area contributed by atoms with Crippen LogP contribution in [-0.4, -0.2) is 12.7 Å². The van der Waals surface area contributed by atoms with Crippen LogP contribution in [0, 0.1) is 0 Å². The minimum Gasteiger partial charge on any atom is -0.454 e. The van der Waals surface area contributed by atoms with Crippen LogP contribution in [0.3, 0.4) is 0 Å². The first-order chi connectivity index (χ1) is 10.6. The average molecular weight is 379 g/mol. The monoisotopic (exact) mass is 377 g/mol. The van der Waals surface area contributed by atoms with Gasteiger partial charge in [0.1, 0.15) is 0 Å². The fraction of sp³-hybridized carbons (Fsp3) is 0.0625. The number of rotatable bonds is 1. The molecule has 0 aliphatic carbocycles. The third-order valence-electron chi connectivity index (χ3n) is 3.53. The van der Waals surface area contributed by atoms with Gasteiger partial charge in [0.2, 0.25) is 6.79 Å². The predicted octanol–water partition coefficient (Wildman–Crippen LogP) is 4.32. The first-order valence-corrected chi connectivity index (χ1v) is 7.71. The maximum atomic E-state index is 12.2. The van der Waals surface area contributed by atoms with Crippen molar-refractivity contribution in [2.24, 2.45) is 0 Å². The lowest BCUT2D eigenvalue weighted by molar-refractivity contribution is -0.110. The Morgan fingerprint density at radius 2 is 2.09 bits per heavy atom. The Morgan fingerprint density at radius 3 is 2.95 bits per heavy atom. The topological polar surface area (TPSA) is 47.6 Å². The van der Waals surface area contributed by atoms with Crippen LogP contribution >= 0.6 is 27.5 Å². The molecule has 2 heterocycles. The van der Waals surface area contributed by atoms with Crippen molar-refractivity contribution in [3.05, 3.63) is 51.0 Å². The van der Waals surface area contributed by atoms with Crippen molar-refractivity contribution < 1.29 is 14.3 Å². The van der Waals surface area contributed by atoms with Crippen molar-refractivity contribution in [2.75, 3.05) is 12.1 Å². The van der Waals surface area contributed by atoms with Crippen molar-refractivity contribution >= 4 is 50.8 Å². The normalized spacial score (nSPS) is 16.8. The molecule has 2 aromatic carbocycles. The Hall–Kier alpha value is -1.98. The van der Waals surface area contributed by atoms with Crippen molar-refractivity contribution in [1.29, 1.82) is 0 Å². The molecule has 0 saturated heterocycles. The van der Waals surface area contributed by atoms with Crippen LogP contribution in [0.5, 0.6) is 11.5 Å². The van der Waals surface area contributed by atoms with E-state index in [4.69, 9.17) is 21.1 Å². The second kappa shape index (κ2) is 5.04. The summed E-state index contributed by atoms with van der Waals surface area (Å²) in [6.07, 6.45) is 1.81. The standard InChI is InChI=1S/C16H9BrClNO3/c17-12-4-8(5-14-15(12)22-7-21-14)3-11-10-6-9(18)1-2-13(10)19-16(11)20/h1-6H,7H2,(H,19,20)/b11-3-. The van der Waals surface area contributed by atoms with Crippen molar-refractivity contribution in [1.82, 2.24) is 0 Å². The van der Waals surface area contributed by atoms with Gasteiger partial charge in [0, 0.05) is 21.8 Å². The Bertz CT molecular complexity index is 848. The summed E-state index contributed by atoms with van der Waals surface area (Å²) in [4.78, 5) is 12.2. The van der Waals surface area contributed by atoms with Gasteiger partial charge < -0.3 is 14.8 Å². The fourth-order valence-electron chi connectivity index (χ4n) is 2.54. The van der Waals surface area contributed by atoms with Gasteiger partial charge in [-0.1, -0.05) is 11.6 Å². The van der Waals surface area contributed by atoms with E-state index in [-0.39, 0.29) is 12.7 Å². The molecule has 0 fully saturated rings. The summed E-state index contributed by atoms with van der Waals surface area (Å²) in [6, 6.07) is 9.06. The van der Waals surface area contributed by atoms with Crippen molar-refractivity contribution in [2.45, 2.75) is 0 Å². The molecular formula is C16H9BrClNO3. The lowest BCUT2D eigenvalue weighted by Crippen LogP contribution is -2.03. The summed E-state index contributed by atoms with van der Waals surface area (Å²) < 4.78 is 11.5. The molecule has 2 aliphatic rings. The molecule has 2 aromatic rings. The van der Waals surface area contributed by atoms with E-state index in [1.165, 1.54) is 0 Å². The maximum Gasteiger partial charge on any atom is 0.256 e. The van der Waals surface area contributed by atoms with E-state index in [0.29, 0.717) is 22.1 Å². The Kier molecular flexibility index (Phi) is 3.13. The molecular weight excluding hydrogens is 370 g/mol. The number of anilines is 1. The highest BCUT2D eigenvalue weighted by atomic mass is 79.9. The first kappa shape index (κ1) is 13.7. The second-order valence-electron chi connectivity index (χ2n) is 4.94. The quantitative estimate of drug-likeness (QED) is 0.752. The fourth-order valence-corrected chi connectivity index (χ4v) is 3.29. The highest BCUT2D eigenvalue weighted by Crippen LogP contribution is 2.41. The van der Waals surface area contributed by atoms with E-state index in [9.17, 15) is 4.79 Å². The second-order valence-corrected chi connectivity index (χ2v) is 6.23. The van der Waals surface area contributed by atoms with E-state index in [2.05, 4.69) is 21.2 Å². The highest BCUT2D eigenvalue weighted by molar-refractivity contribution is 9.10. The van der Waals surface area contributed by atoms with Crippen LogP contribution in [-0.2, 0) is 4.79 Å². The Morgan fingerprint density at radius 1 is 1.23 bits per heavy atom. The largest absolute Gasteiger partial charge is 0.454 e. The van der Waals surface area contributed by atoms with Gasteiger partial charge >= 0.3 is 0 Å². The summed E-state index contributed by atoms with van der Waals surface area (Å²) in [5.74, 6) is 1.19.